The topological polar surface area (TPSA) is 46.5 Å². The average molecular weight is 198 g/mol. The molecule has 14 heavy (non-hydrogen) atoms. The van der Waals surface area contributed by atoms with E-state index in [1.165, 1.54) is 18.2 Å². The molecular weight excluding hydrogens is 187 g/mol. The number of carbonyl (C=O) groups excluding carboxylic acids is 1. The lowest BCUT2D eigenvalue weighted by atomic mass is 10.2. The van der Waals surface area contributed by atoms with E-state index in [0.717, 1.165) is 0 Å². The summed E-state index contributed by atoms with van der Waals surface area (Å²) in [6.45, 7) is -0.238. The highest BCUT2D eigenvalue weighted by Crippen LogP contribution is 2.26. The van der Waals surface area contributed by atoms with Crippen molar-refractivity contribution in [2.75, 3.05) is 13.3 Å². The Bertz CT molecular complexity index is 312. The summed E-state index contributed by atoms with van der Waals surface area (Å²) in [6, 6.07) is 4.31. The zero-order chi connectivity index (χ0) is 10.4. The van der Waals surface area contributed by atoms with Crippen LogP contribution in [0.15, 0.2) is 18.2 Å². The van der Waals surface area contributed by atoms with E-state index in [4.69, 9.17) is 4.74 Å². The maximum absolute atomic E-state index is 11.7. The molecule has 0 aliphatic heterocycles. The fourth-order valence-electron chi connectivity index (χ4n) is 0.966. The second-order valence-corrected chi connectivity index (χ2v) is 2.74. The van der Waals surface area contributed by atoms with Gasteiger partial charge in [-0.3, -0.25) is 9.18 Å². The highest BCUT2D eigenvalue weighted by Gasteiger charge is 2.02. The number of phenolic OH excluding ortho intramolecular Hbond substituents is 1. The molecule has 1 N–H and O–H groups in total. The molecule has 0 fully saturated rings. The monoisotopic (exact) mass is 198 g/mol. The van der Waals surface area contributed by atoms with Crippen molar-refractivity contribution in [2.45, 2.75) is 6.42 Å². The number of benzene rings is 1. The second kappa shape index (κ2) is 5.21. The predicted octanol–water partition coefficient (Wildman–Crippen LogP) is 1.94. The molecule has 0 saturated heterocycles. The molecule has 0 saturated carbocycles. The van der Waals surface area contributed by atoms with Gasteiger partial charge in [-0.05, 0) is 18.2 Å². The summed E-state index contributed by atoms with van der Waals surface area (Å²) in [4.78, 5) is 10.3. The lowest BCUT2D eigenvalue weighted by Crippen LogP contribution is -1.98. The Morgan fingerprint density at radius 1 is 1.50 bits per heavy atom. The predicted molar refractivity (Wildman–Crippen MR) is 49.6 cm³/mol. The van der Waals surface area contributed by atoms with Crippen LogP contribution in [0, 0.1) is 0 Å². The minimum absolute atomic E-state index is 0.103. The Labute approximate surface area is 81.1 Å². The van der Waals surface area contributed by atoms with Gasteiger partial charge in [0, 0.05) is 12.0 Å². The molecule has 0 amide bonds. The van der Waals surface area contributed by atoms with E-state index in [1.54, 1.807) is 0 Å². The maximum atomic E-state index is 11.7. The first-order valence-electron chi connectivity index (χ1n) is 4.25. The molecule has 0 aromatic heterocycles. The van der Waals surface area contributed by atoms with Gasteiger partial charge in [0.15, 0.2) is 11.5 Å². The quantitative estimate of drug-likeness (QED) is 0.581. The molecule has 1 rings (SSSR count). The molecule has 76 valence electrons. The number of phenols is 1. The van der Waals surface area contributed by atoms with Gasteiger partial charge in [-0.2, -0.15) is 0 Å². The van der Waals surface area contributed by atoms with Crippen LogP contribution in [0.3, 0.4) is 0 Å². The minimum atomic E-state index is -0.451. The molecule has 0 unspecified atom stereocenters. The first-order chi connectivity index (χ1) is 6.77. The summed E-state index contributed by atoms with van der Waals surface area (Å²) in [5.41, 5.74) is 0.375. The Balaban J connectivity index is 2.64. The SMILES string of the molecule is O=Cc1ccc(OCCCF)c(O)c1. The van der Waals surface area contributed by atoms with Crippen molar-refractivity contribution in [1.29, 1.82) is 0 Å². The van der Waals surface area contributed by atoms with Gasteiger partial charge in [0.05, 0.1) is 13.3 Å². The second-order valence-electron chi connectivity index (χ2n) is 2.74. The van der Waals surface area contributed by atoms with E-state index < -0.39 is 6.67 Å². The number of hydrogen-bond donors (Lipinski definition) is 1. The molecule has 0 heterocycles. The number of hydrogen-bond acceptors (Lipinski definition) is 3. The van der Waals surface area contributed by atoms with E-state index in [2.05, 4.69) is 0 Å². The highest BCUT2D eigenvalue weighted by molar-refractivity contribution is 5.76. The van der Waals surface area contributed by atoms with Crippen LogP contribution in [-0.4, -0.2) is 24.7 Å². The van der Waals surface area contributed by atoms with Crippen molar-refractivity contribution >= 4 is 6.29 Å². The van der Waals surface area contributed by atoms with Crippen LogP contribution in [0.4, 0.5) is 4.39 Å². The van der Waals surface area contributed by atoms with Gasteiger partial charge in [0.25, 0.3) is 0 Å². The summed E-state index contributed by atoms with van der Waals surface area (Å²) in [7, 11) is 0. The summed E-state index contributed by atoms with van der Waals surface area (Å²) in [5.74, 6) is 0.164. The molecule has 4 heteroatoms. The van der Waals surface area contributed by atoms with Crippen LogP contribution >= 0.6 is 0 Å². The number of carbonyl (C=O) groups is 1. The molecule has 0 spiro atoms. The van der Waals surface area contributed by atoms with Crippen LogP contribution in [0.1, 0.15) is 16.8 Å². The number of aromatic hydroxyl groups is 1. The van der Waals surface area contributed by atoms with Crippen molar-refractivity contribution in [3.05, 3.63) is 23.8 Å². The van der Waals surface area contributed by atoms with E-state index in [-0.39, 0.29) is 24.5 Å². The van der Waals surface area contributed by atoms with Crippen LogP contribution in [0.2, 0.25) is 0 Å². The van der Waals surface area contributed by atoms with Gasteiger partial charge in [0.1, 0.15) is 6.29 Å². The first-order valence-corrected chi connectivity index (χ1v) is 4.25. The normalized spacial score (nSPS) is 9.79. The Morgan fingerprint density at radius 3 is 2.86 bits per heavy atom. The largest absolute Gasteiger partial charge is 0.504 e. The molecule has 3 nitrogen and oxygen atoms in total. The van der Waals surface area contributed by atoms with Crippen molar-refractivity contribution in [1.82, 2.24) is 0 Å². The highest BCUT2D eigenvalue weighted by atomic mass is 19.1. The first kappa shape index (κ1) is 10.5. The van der Waals surface area contributed by atoms with Gasteiger partial charge in [-0.25, -0.2) is 0 Å². The van der Waals surface area contributed by atoms with Gasteiger partial charge in [-0.1, -0.05) is 0 Å². The summed E-state index contributed by atoms with van der Waals surface area (Å²) in [5, 5.41) is 9.34. The number of aldehydes is 1. The van der Waals surface area contributed by atoms with Gasteiger partial charge >= 0.3 is 0 Å². The van der Waals surface area contributed by atoms with E-state index in [1.807, 2.05) is 0 Å². The Morgan fingerprint density at radius 2 is 2.29 bits per heavy atom. The number of ether oxygens (including phenoxy) is 1. The third kappa shape index (κ3) is 2.73. The number of alkyl halides is 1. The van der Waals surface area contributed by atoms with Crippen LogP contribution in [0.5, 0.6) is 11.5 Å². The molecule has 0 radical (unpaired) electrons. The smallest absolute Gasteiger partial charge is 0.160 e. The van der Waals surface area contributed by atoms with Gasteiger partial charge in [0.2, 0.25) is 0 Å². The zero-order valence-corrected chi connectivity index (χ0v) is 7.57. The van der Waals surface area contributed by atoms with E-state index >= 15 is 0 Å². The van der Waals surface area contributed by atoms with Gasteiger partial charge in [-0.15, -0.1) is 0 Å². The van der Waals surface area contributed by atoms with Crippen molar-refractivity contribution in [3.8, 4) is 11.5 Å². The maximum Gasteiger partial charge on any atom is 0.160 e. The average Bonchev–Trinajstić information content (AvgIpc) is 2.20. The molecule has 0 bridgehead atoms. The molecule has 1 aromatic carbocycles. The van der Waals surface area contributed by atoms with Crippen molar-refractivity contribution < 1.29 is 19.0 Å². The zero-order valence-electron chi connectivity index (χ0n) is 7.57. The molecule has 0 atom stereocenters. The van der Waals surface area contributed by atoms with Gasteiger partial charge < -0.3 is 9.84 Å². The Hall–Kier alpha value is -1.58. The fraction of sp³-hybridized carbons (Fsp3) is 0.300. The molecule has 1 aromatic rings. The van der Waals surface area contributed by atoms with Crippen molar-refractivity contribution in [3.63, 3.8) is 0 Å². The van der Waals surface area contributed by atoms with E-state index in [9.17, 15) is 14.3 Å². The van der Waals surface area contributed by atoms with Crippen LogP contribution in [-0.2, 0) is 0 Å². The molecule has 0 aliphatic carbocycles. The van der Waals surface area contributed by atoms with Crippen molar-refractivity contribution in [2.24, 2.45) is 0 Å². The van der Waals surface area contributed by atoms with E-state index in [0.29, 0.717) is 11.8 Å². The third-order valence-corrected chi connectivity index (χ3v) is 1.65. The third-order valence-electron chi connectivity index (χ3n) is 1.65. The van der Waals surface area contributed by atoms with Crippen LogP contribution < -0.4 is 4.74 Å². The summed E-state index contributed by atoms with van der Waals surface area (Å²) in [6.07, 6.45) is 0.917. The standard InChI is InChI=1S/C10H11FO3/c11-4-1-5-14-10-3-2-8(7-12)6-9(10)13/h2-3,6-7,13H,1,4-5H2. The fourth-order valence-corrected chi connectivity index (χ4v) is 0.966. The number of halogens is 1. The summed E-state index contributed by atoms with van der Waals surface area (Å²) >= 11 is 0. The number of rotatable bonds is 5. The summed E-state index contributed by atoms with van der Waals surface area (Å²) < 4.78 is 16.8. The van der Waals surface area contributed by atoms with Crippen LogP contribution in [0.25, 0.3) is 0 Å². The minimum Gasteiger partial charge on any atom is -0.504 e. The Kier molecular flexibility index (Phi) is 3.91. The lowest BCUT2D eigenvalue weighted by Gasteiger charge is -2.06. The molecular formula is C10H11FO3. The molecule has 0 aliphatic rings. The lowest BCUT2D eigenvalue weighted by molar-refractivity contribution is 0.112.